The first kappa shape index (κ1) is 20.1. The zero-order valence-electron chi connectivity index (χ0n) is 16.3. The molecule has 0 saturated carbocycles. The second-order valence-corrected chi connectivity index (χ2v) is 7.00. The minimum Gasteiger partial charge on any atom is -0.472 e. The molecule has 1 aliphatic rings. The van der Waals surface area contributed by atoms with E-state index in [1.807, 2.05) is 12.1 Å². The van der Waals surface area contributed by atoms with E-state index in [-0.39, 0.29) is 18.4 Å². The molecule has 7 heteroatoms. The van der Waals surface area contributed by atoms with Gasteiger partial charge in [0.2, 0.25) is 5.91 Å². The van der Waals surface area contributed by atoms with E-state index in [2.05, 4.69) is 39.5 Å². The van der Waals surface area contributed by atoms with Crippen molar-refractivity contribution >= 4 is 11.8 Å². The van der Waals surface area contributed by atoms with Crippen molar-refractivity contribution in [2.45, 2.75) is 20.0 Å². The fraction of sp³-hybridized carbons (Fsp3) is 0.429. The number of nitrogens with one attached hydrogen (secondary N) is 2. The zero-order valence-corrected chi connectivity index (χ0v) is 16.3. The molecule has 1 fully saturated rings. The predicted molar refractivity (Wildman–Crippen MR) is 107 cm³/mol. The van der Waals surface area contributed by atoms with Crippen LogP contribution in [0, 0.1) is 0 Å². The Morgan fingerprint density at radius 2 is 1.64 bits per heavy atom. The molecular formula is C21H28N4O3. The number of amides is 2. The number of piperazine rings is 1. The lowest BCUT2D eigenvalue weighted by Gasteiger charge is -2.34. The third-order valence-corrected chi connectivity index (χ3v) is 5.02. The predicted octanol–water partition coefficient (Wildman–Crippen LogP) is 1.46. The molecule has 0 spiro atoms. The standard InChI is InChI=1S/C21H28N4O3/c1-2-24-8-10-25(11-9-24)15-18-5-3-17(4-6-18)13-22-20(26)14-23-21(27)19-7-12-28-16-19/h3-7,12,16H,2,8-11,13-15H2,1H3,(H,22,26)(H,23,27). The molecule has 1 saturated heterocycles. The van der Waals surface area contributed by atoms with Gasteiger partial charge in [0, 0.05) is 39.3 Å². The minimum atomic E-state index is -0.326. The molecule has 0 atom stereocenters. The van der Waals surface area contributed by atoms with Crippen molar-refractivity contribution in [3.05, 3.63) is 59.5 Å². The highest BCUT2D eigenvalue weighted by Gasteiger charge is 2.15. The molecule has 2 aromatic rings. The first-order valence-electron chi connectivity index (χ1n) is 9.73. The zero-order chi connectivity index (χ0) is 19.8. The van der Waals surface area contributed by atoms with E-state index in [0.717, 1.165) is 44.8 Å². The number of benzene rings is 1. The fourth-order valence-corrected chi connectivity index (χ4v) is 3.20. The van der Waals surface area contributed by atoms with Crippen molar-refractivity contribution in [3.63, 3.8) is 0 Å². The summed E-state index contributed by atoms with van der Waals surface area (Å²) < 4.78 is 4.85. The molecule has 1 aromatic heterocycles. The summed E-state index contributed by atoms with van der Waals surface area (Å²) in [5.41, 5.74) is 2.72. The van der Waals surface area contributed by atoms with Crippen LogP contribution in [0.2, 0.25) is 0 Å². The summed E-state index contributed by atoms with van der Waals surface area (Å²) in [5, 5.41) is 5.38. The van der Waals surface area contributed by atoms with E-state index in [9.17, 15) is 9.59 Å². The number of likely N-dealkylation sites (N-methyl/N-ethyl adjacent to an activating group) is 1. The Morgan fingerprint density at radius 1 is 0.964 bits per heavy atom. The van der Waals surface area contributed by atoms with Gasteiger partial charge in [0.1, 0.15) is 6.26 Å². The molecule has 28 heavy (non-hydrogen) atoms. The number of hydrogen-bond acceptors (Lipinski definition) is 5. The van der Waals surface area contributed by atoms with Crippen LogP contribution in [0.15, 0.2) is 47.3 Å². The fourth-order valence-electron chi connectivity index (χ4n) is 3.20. The van der Waals surface area contributed by atoms with Gasteiger partial charge in [0.15, 0.2) is 0 Å². The highest BCUT2D eigenvalue weighted by atomic mass is 16.3. The minimum absolute atomic E-state index is 0.0637. The van der Waals surface area contributed by atoms with Crippen LogP contribution in [-0.2, 0) is 17.9 Å². The Morgan fingerprint density at radius 3 is 2.29 bits per heavy atom. The molecular weight excluding hydrogens is 356 g/mol. The Labute approximate surface area is 165 Å². The summed E-state index contributed by atoms with van der Waals surface area (Å²) in [6, 6.07) is 9.88. The van der Waals surface area contributed by atoms with Crippen LogP contribution in [0.25, 0.3) is 0 Å². The van der Waals surface area contributed by atoms with Gasteiger partial charge in [-0.05, 0) is 23.7 Å². The van der Waals surface area contributed by atoms with Crippen molar-refractivity contribution < 1.29 is 14.0 Å². The van der Waals surface area contributed by atoms with E-state index in [4.69, 9.17) is 4.42 Å². The normalized spacial score (nSPS) is 15.3. The third-order valence-electron chi connectivity index (χ3n) is 5.02. The topological polar surface area (TPSA) is 77.8 Å². The Bertz CT molecular complexity index is 750. The van der Waals surface area contributed by atoms with Crippen LogP contribution in [0.1, 0.15) is 28.4 Å². The van der Waals surface area contributed by atoms with Gasteiger partial charge in [-0.15, -0.1) is 0 Å². The van der Waals surface area contributed by atoms with Gasteiger partial charge in [-0.25, -0.2) is 0 Å². The number of carbonyl (C=O) groups excluding carboxylic acids is 2. The molecule has 7 nitrogen and oxygen atoms in total. The second kappa shape index (κ2) is 10.1. The molecule has 2 amide bonds. The van der Waals surface area contributed by atoms with Gasteiger partial charge >= 0.3 is 0 Å². The van der Waals surface area contributed by atoms with E-state index in [1.54, 1.807) is 6.07 Å². The van der Waals surface area contributed by atoms with Gasteiger partial charge in [0.25, 0.3) is 5.91 Å². The second-order valence-electron chi connectivity index (χ2n) is 7.00. The molecule has 0 unspecified atom stereocenters. The molecule has 0 radical (unpaired) electrons. The average molecular weight is 384 g/mol. The van der Waals surface area contributed by atoms with Crippen molar-refractivity contribution in [1.82, 2.24) is 20.4 Å². The Hall–Kier alpha value is -2.64. The van der Waals surface area contributed by atoms with Crippen LogP contribution >= 0.6 is 0 Å². The third kappa shape index (κ3) is 5.94. The summed E-state index contributed by atoms with van der Waals surface area (Å²) in [4.78, 5) is 28.6. The molecule has 2 N–H and O–H groups in total. The number of nitrogens with zero attached hydrogens (tertiary/aromatic N) is 2. The van der Waals surface area contributed by atoms with Gasteiger partial charge in [-0.1, -0.05) is 31.2 Å². The SMILES string of the molecule is CCN1CCN(Cc2ccc(CNC(=O)CNC(=O)c3ccoc3)cc2)CC1. The quantitative estimate of drug-likeness (QED) is 0.721. The molecule has 1 aliphatic heterocycles. The molecule has 0 bridgehead atoms. The summed E-state index contributed by atoms with van der Waals surface area (Å²) in [7, 11) is 0. The van der Waals surface area contributed by atoms with Crippen LogP contribution in [0.4, 0.5) is 0 Å². The highest BCUT2D eigenvalue weighted by molar-refractivity contribution is 5.96. The van der Waals surface area contributed by atoms with Crippen LogP contribution in [0.5, 0.6) is 0 Å². The first-order chi connectivity index (χ1) is 13.6. The number of hydrogen-bond donors (Lipinski definition) is 2. The van der Waals surface area contributed by atoms with E-state index in [1.165, 1.54) is 18.1 Å². The van der Waals surface area contributed by atoms with Crippen LogP contribution in [0.3, 0.4) is 0 Å². The monoisotopic (exact) mass is 384 g/mol. The van der Waals surface area contributed by atoms with Crippen LogP contribution < -0.4 is 10.6 Å². The maximum Gasteiger partial charge on any atom is 0.254 e. The van der Waals surface area contributed by atoms with Crippen molar-refractivity contribution in [1.29, 1.82) is 0 Å². The number of furan rings is 1. The maximum atomic E-state index is 11.9. The smallest absolute Gasteiger partial charge is 0.254 e. The van der Waals surface area contributed by atoms with Crippen molar-refractivity contribution in [2.24, 2.45) is 0 Å². The number of carbonyl (C=O) groups is 2. The van der Waals surface area contributed by atoms with E-state index < -0.39 is 0 Å². The largest absolute Gasteiger partial charge is 0.472 e. The maximum absolute atomic E-state index is 11.9. The van der Waals surface area contributed by atoms with E-state index >= 15 is 0 Å². The van der Waals surface area contributed by atoms with Crippen molar-refractivity contribution in [3.8, 4) is 0 Å². The lowest BCUT2D eigenvalue weighted by atomic mass is 10.1. The van der Waals surface area contributed by atoms with E-state index in [0.29, 0.717) is 12.1 Å². The lowest BCUT2D eigenvalue weighted by molar-refractivity contribution is -0.120. The molecule has 1 aromatic carbocycles. The van der Waals surface area contributed by atoms with Gasteiger partial charge in [-0.3, -0.25) is 14.5 Å². The molecule has 0 aliphatic carbocycles. The van der Waals surface area contributed by atoms with Gasteiger partial charge in [-0.2, -0.15) is 0 Å². The lowest BCUT2D eigenvalue weighted by Crippen LogP contribution is -2.45. The van der Waals surface area contributed by atoms with Gasteiger partial charge < -0.3 is 20.0 Å². The summed E-state index contributed by atoms with van der Waals surface area (Å²) in [5.74, 6) is -0.553. The van der Waals surface area contributed by atoms with Crippen LogP contribution in [-0.4, -0.2) is 60.9 Å². The summed E-state index contributed by atoms with van der Waals surface area (Å²) >= 11 is 0. The highest BCUT2D eigenvalue weighted by Crippen LogP contribution is 2.10. The molecule has 2 heterocycles. The molecule has 150 valence electrons. The Kier molecular flexibility index (Phi) is 7.22. The summed E-state index contributed by atoms with van der Waals surface area (Å²) in [6.07, 6.45) is 2.77. The Balaban J connectivity index is 1.37. The van der Waals surface area contributed by atoms with Crippen molar-refractivity contribution in [2.75, 3.05) is 39.3 Å². The molecule has 3 rings (SSSR count). The first-order valence-corrected chi connectivity index (χ1v) is 9.73. The average Bonchev–Trinajstić information content (AvgIpc) is 3.27. The number of rotatable bonds is 8. The summed E-state index contributed by atoms with van der Waals surface area (Å²) in [6.45, 7) is 9.16. The van der Waals surface area contributed by atoms with Gasteiger partial charge in [0.05, 0.1) is 18.4 Å².